The second kappa shape index (κ2) is 8.98. The van der Waals surface area contributed by atoms with E-state index in [1.807, 2.05) is 32.0 Å². The summed E-state index contributed by atoms with van der Waals surface area (Å²) in [5, 5.41) is 2.98. The summed E-state index contributed by atoms with van der Waals surface area (Å²) >= 11 is 0. The van der Waals surface area contributed by atoms with Crippen LogP contribution in [-0.2, 0) is 14.8 Å². The normalized spacial score (nSPS) is 17.7. The molecule has 2 aromatic rings. The fourth-order valence-electron chi connectivity index (χ4n) is 4.17. The fourth-order valence-corrected chi connectivity index (χ4v) is 5.61. The lowest BCUT2D eigenvalue weighted by atomic mass is 10.1. The molecule has 8 heteroatoms. The van der Waals surface area contributed by atoms with Crippen molar-refractivity contribution in [2.24, 2.45) is 0 Å². The summed E-state index contributed by atoms with van der Waals surface area (Å²) in [6, 6.07) is 10.8. The molecule has 0 saturated carbocycles. The Morgan fingerprint density at radius 1 is 0.968 bits per heavy atom. The van der Waals surface area contributed by atoms with Crippen LogP contribution in [0.1, 0.15) is 34.3 Å². The highest BCUT2D eigenvalue weighted by molar-refractivity contribution is 7.89. The Morgan fingerprint density at radius 2 is 1.68 bits per heavy atom. The number of rotatable bonds is 5. The topological polar surface area (TPSA) is 79.0 Å². The summed E-state index contributed by atoms with van der Waals surface area (Å²) < 4.78 is 33.1. The van der Waals surface area contributed by atoms with Gasteiger partial charge in [0.2, 0.25) is 10.0 Å². The molecule has 166 valence electrons. The highest BCUT2D eigenvalue weighted by Gasteiger charge is 2.29. The number of sulfonamides is 1. The second-order valence-corrected chi connectivity index (χ2v) is 10.1. The Bertz CT molecular complexity index is 1070. The monoisotopic (exact) mass is 443 g/mol. The lowest BCUT2D eigenvalue weighted by Crippen LogP contribution is -2.40. The molecule has 0 unspecified atom stereocenters. The zero-order valence-electron chi connectivity index (χ0n) is 18.1. The average molecular weight is 444 g/mol. The van der Waals surface area contributed by atoms with Crippen LogP contribution in [0.3, 0.4) is 0 Å². The van der Waals surface area contributed by atoms with Crippen molar-refractivity contribution in [1.82, 2.24) is 4.31 Å². The minimum Gasteiger partial charge on any atom is -0.379 e. The van der Waals surface area contributed by atoms with Crippen LogP contribution in [0, 0.1) is 13.8 Å². The number of aryl methyl sites for hydroxylation is 2. The van der Waals surface area contributed by atoms with E-state index in [1.165, 1.54) is 10.4 Å². The lowest BCUT2D eigenvalue weighted by molar-refractivity contribution is 0.0730. The molecule has 2 aliphatic heterocycles. The molecule has 0 aromatic heterocycles. The van der Waals surface area contributed by atoms with Gasteiger partial charge in [-0.3, -0.25) is 4.79 Å². The number of carbonyl (C=O) groups excluding carboxylic acids is 1. The van der Waals surface area contributed by atoms with Gasteiger partial charge in [-0.1, -0.05) is 17.7 Å². The molecule has 2 aliphatic rings. The number of morpholine rings is 1. The molecular weight excluding hydrogens is 414 g/mol. The first-order valence-corrected chi connectivity index (χ1v) is 12.2. The number of nitrogens with zero attached hydrogens (tertiary/aromatic N) is 2. The van der Waals surface area contributed by atoms with E-state index >= 15 is 0 Å². The molecule has 2 saturated heterocycles. The Labute approximate surface area is 184 Å². The quantitative estimate of drug-likeness (QED) is 0.768. The van der Waals surface area contributed by atoms with E-state index in [0.717, 1.165) is 48.4 Å². The maximum absolute atomic E-state index is 13.3. The van der Waals surface area contributed by atoms with Crippen molar-refractivity contribution in [3.63, 3.8) is 0 Å². The van der Waals surface area contributed by atoms with Gasteiger partial charge in [0, 0.05) is 37.6 Å². The van der Waals surface area contributed by atoms with Crippen LogP contribution in [-0.4, -0.2) is 58.0 Å². The van der Waals surface area contributed by atoms with Gasteiger partial charge in [0.25, 0.3) is 5.91 Å². The van der Waals surface area contributed by atoms with Crippen LogP contribution in [0.4, 0.5) is 11.4 Å². The molecule has 0 radical (unpaired) electrons. The van der Waals surface area contributed by atoms with Crippen molar-refractivity contribution in [1.29, 1.82) is 0 Å². The number of ether oxygens (including phenoxy) is 1. The summed E-state index contributed by atoms with van der Waals surface area (Å²) in [7, 11) is -3.69. The van der Waals surface area contributed by atoms with Gasteiger partial charge in [-0.2, -0.15) is 4.31 Å². The van der Waals surface area contributed by atoms with Crippen LogP contribution in [0.25, 0.3) is 0 Å². The SMILES string of the molecule is Cc1ccc(NC(=O)c2cc(S(=O)(=O)N3CCOCC3)ccc2N2CCCC2)c(C)c1. The van der Waals surface area contributed by atoms with E-state index in [4.69, 9.17) is 4.74 Å². The Hall–Kier alpha value is -2.42. The van der Waals surface area contributed by atoms with Crippen molar-refractivity contribution in [3.05, 3.63) is 53.1 Å². The Morgan fingerprint density at radius 3 is 2.35 bits per heavy atom. The van der Waals surface area contributed by atoms with E-state index in [0.29, 0.717) is 31.9 Å². The standard InChI is InChI=1S/C23H29N3O4S/c1-17-5-7-21(18(2)15-17)24-23(27)20-16-19(6-8-22(20)25-9-3-4-10-25)31(28,29)26-11-13-30-14-12-26/h5-8,15-16H,3-4,9-14H2,1-2H3,(H,24,27). The van der Waals surface area contributed by atoms with E-state index in [9.17, 15) is 13.2 Å². The van der Waals surface area contributed by atoms with Crippen molar-refractivity contribution in [2.75, 3.05) is 49.6 Å². The molecule has 7 nitrogen and oxygen atoms in total. The predicted octanol–water partition coefficient (Wildman–Crippen LogP) is 3.18. The number of anilines is 2. The fraction of sp³-hybridized carbons (Fsp3) is 0.435. The van der Waals surface area contributed by atoms with Crippen molar-refractivity contribution in [3.8, 4) is 0 Å². The van der Waals surface area contributed by atoms with Crippen LogP contribution in [0.5, 0.6) is 0 Å². The molecule has 4 rings (SSSR count). The van der Waals surface area contributed by atoms with Gasteiger partial charge in [0.1, 0.15) is 0 Å². The van der Waals surface area contributed by atoms with Crippen molar-refractivity contribution < 1.29 is 17.9 Å². The average Bonchev–Trinajstić information content (AvgIpc) is 3.30. The minimum atomic E-state index is -3.69. The minimum absolute atomic E-state index is 0.142. The van der Waals surface area contributed by atoms with Crippen molar-refractivity contribution in [2.45, 2.75) is 31.6 Å². The first-order valence-electron chi connectivity index (χ1n) is 10.7. The predicted molar refractivity (Wildman–Crippen MR) is 121 cm³/mol. The van der Waals surface area contributed by atoms with E-state index < -0.39 is 10.0 Å². The van der Waals surface area contributed by atoms with Crippen LogP contribution < -0.4 is 10.2 Å². The molecule has 2 heterocycles. The number of carbonyl (C=O) groups is 1. The van der Waals surface area contributed by atoms with Gasteiger partial charge in [0.15, 0.2) is 0 Å². The van der Waals surface area contributed by atoms with Gasteiger partial charge < -0.3 is 15.0 Å². The maximum Gasteiger partial charge on any atom is 0.257 e. The van der Waals surface area contributed by atoms with Gasteiger partial charge in [-0.05, 0) is 56.5 Å². The molecule has 0 aliphatic carbocycles. The molecule has 0 atom stereocenters. The number of amides is 1. The van der Waals surface area contributed by atoms with Crippen molar-refractivity contribution >= 4 is 27.3 Å². The van der Waals surface area contributed by atoms with E-state index in [2.05, 4.69) is 10.2 Å². The smallest absolute Gasteiger partial charge is 0.257 e. The number of hydrogen-bond acceptors (Lipinski definition) is 5. The largest absolute Gasteiger partial charge is 0.379 e. The summed E-state index contributed by atoms with van der Waals surface area (Å²) in [4.78, 5) is 15.6. The third-order valence-electron chi connectivity index (χ3n) is 5.90. The third-order valence-corrected chi connectivity index (χ3v) is 7.79. The molecule has 2 fully saturated rings. The number of hydrogen-bond donors (Lipinski definition) is 1. The zero-order valence-corrected chi connectivity index (χ0v) is 18.9. The van der Waals surface area contributed by atoms with Gasteiger partial charge in [-0.15, -0.1) is 0 Å². The lowest BCUT2D eigenvalue weighted by Gasteiger charge is -2.27. The first kappa shape index (κ1) is 21.8. The summed E-state index contributed by atoms with van der Waals surface area (Å²) in [6.07, 6.45) is 2.12. The van der Waals surface area contributed by atoms with E-state index in [-0.39, 0.29) is 10.8 Å². The highest BCUT2D eigenvalue weighted by Crippen LogP contribution is 2.30. The Kier molecular flexibility index (Phi) is 6.31. The summed E-state index contributed by atoms with van der Waals surface area (Å²) in [6.45, 7) is 7.07. The van der Waals surface area contributed by atoms with Gasteiger partial charge >= 0.3 is 0 Å². The molecule has 1 N–H and O–H groups in total. The van der Waals surface area contributed by atoms with Crippen LogP contribution in [0.2, 0.25) is 0 Å². The molecule has 0 spiro atoms. The Balaban J connectivity index is 1.70. The summed E-state index contributed by atoms with van der Waals surface area (Å²) in [5.74, 6) is -0.298. The highest BCUT2D eigenvalue weighted by atomic mass is 32.2. The van der Waals surface area contributed by atoms with E-state index in [1.54, 1.807) is 12.1 Å². The zero-order chi connectivity index (χ0) is 22.0. The first-order chi connectivity index (χ1) is 14.9. The summed E-state index contributed by atoms with van der Waals surface area (Å²) in [5.41, 5.74) is 3.97. The van der Waals surface area contributed by atoms with Gasteiger partial charge in [0.05, 0.1) is 23.7 Å². The molecule has 1 amide bonds. The molecule has 31 heavy (non-hydrogen) atoms. The maximum atomic E-state index is 13.3. The van der Waals surface area contributed by atoms with Gasteiger partial charge in [-0.25, -0.2) is 8.42 Å². The number of nitrogens with one attached hydrogen (secondary N) is 1. The van der Waals surface area contributed by atoms with Crippen LogP contribution in [0.15, 0.2) is 41.3 Å². The third kappa shape index (κ3) is 4.61. The molecule has 0 bridgehead atoms. The molecular formula is C23H29N3O4S. The number of benzene rings is 2. The second-order valence-electron chi connectivity index (χ2n) is 8.16. The van der Waals surface area contributed by atoms with Crippen LogP contribution >= 0.6 is 0 Å². The molecule has 2 aromatic carbocycles.